The fraction of sp³-hybridized carbons (Fsp3) is 0.250. The molecule has 4 heterocycles. The van der Waals surface area contributed by atoms with Crippen LogP contribution in [0.1, 0.15) is 12.0 Å². The first-order valence-electron chi connectivity index (χ1n) is 10.7. The van der Waals surface area contributed by atoms with E-state index < -0.39 is 18.1 Å². The van der Waals surface area contributed by atoms with Gasteiger partial charge in [-0.05, 0) is 30.3 Å². The Hall–Kier alpha value is -4.34. The number of benzene rings is 1. The van der Waals surface area contributed by atoms with Crippen LogP contribution in [0.4, 0.5) is 10.5 Å². The summed E-state index contributed by atoms with van der Waals surface area (Å²) in [5.41, 5.74) is 8.47. The van der Waals surface area contributed by atoms with Gasteiger partial charge in [0.15, 0.2) is 11.5 Å². The second kappa shape index (κ2) is 8.89. The van der Waals surface area contributed by atoms with Gasteiger partial charge in [-0.15, -0.1) is 0 Å². The number of anilines is 1. The summed E-state index contributed by atoms with van der Waals surface area (Å²) in [5.74, 6) is 1.02. The van der Waals surface area contributed by atoms with Gasteiger partial charge in [-0.25, -0.2) is 9.78 Å². The zero-order valence-electron chi connectivity index (χ0n) is 18.4. The molecule has 0 unspecified atom stereocenters. The summed E-state index contributed by atoms with van der Waals surface area (Å²) in [4.78, 5) is 35.1. The molecule has 34 heavy (non-hydrogen) atoms. The molecule has 0 radical (unpaired) electrons. The average Bonchev–Trinajstić information content (AvgIpc) is 3.23. The molecule has 0 bridgehead atoms. The van der Waals surface area contributed by atoms with Gasteiger partial charge in [-0.2, -0.15) is 0 Å². The lowest BCUT2D eigenvalue weighted by molar-refractivity contribution is -0.114. The standard InChI is InChI=1S/C24H22N4O6/c1-31-21-5-3-18-22(27-21)14(6-7-26-18)10-15(23(25)29)11-17-13-28(24(30)34-17)16-2-4-19-20(12-16)33-9-8-32-19/h2-7,10,12,17H,8-9,11,13H2,1H3,(H2,25,29)/t17-/m0/s1. The number of primary amides is 1. The first-order chi connectivity index (χ1) is 16.5. The van der Waals surface area contributed by atoms with Gasteiger partial charge in [-0.1, -0.05) is 0 Å². The highest BCUT2D eigenvalue weighted by Crippen LogP contribution is 2.35. The molecule has 1 saturated heterocycles. The van der Waals surface area contributed by atoms with Crippen molar-refractivity contribution in [3.05, 3.63) is 53.7 Å². The molecule has 2 aromatic heterocycles. The van der Waals surface area contributed by atoms with Crippen LogP contribution >= 0.6 is 0 Å². The molecule has 10 heteroatoms. The molecule has 1 aromatic carbocycles. The minimum Gasteiger partial charge on any atom is -0.486 e. The number of nitrogens with zero attached hydrogens (tertiary/aromatic N) is 3. The molecule has 5 rings (SSSR count). The quantitative estimate of drug-likeness (QED) is 0.554. The number of pyridine rings is 2. The van der Waals surface area contributed by atoms with Crippen LogP contribution in [-0.4, -0.2) is 54.9 Å². The van der Waals surface area contributed by atoms with Crippen molar-refractivity contribution < 1.29 is 28.5 Å². The maximum atomic E-state index is 12.6. The Labute approximate surface area is 194 Å². The van der Waals surface area contributed by atoms with Gasteiger partial charge in [0.05, 0.1) is 30.4 Å². The first kappa shape index (κ1) is 21.5. The minimum atomic E-state index is -0.610. The Balaban J connectivity index is 1.39. The summed E-state index contributed by atoms with van der Waals surface area (Å²) in [7, 11) is 1.52. The van der Waals surface area contributed by atoms with Crippen molar-refractivity contribution in [1.82, 2.24) is 9.97 Å². The zero-order valence-corrected chi connectivity index (χ0v) is 18.4. The van der Waals surface area contributed by atoms with E-state index in [4.69, 9.17) is 24.7 Å². The van der Waals surface area contributed by atoms with Crippen molar-refractivity contribution in [1.29, 1.82) is 0 Å². The van der Waals surface area contributed by atoms with Crippen LogP contribution in [0.15, 0.2) is 48.2 Å². The zero-order chi connectivity index (χ0) is 23.7. The summed E-state index contributed by atoms with van der Waals surface area (Å²) in [5, 5.41) is 0. The Kier molecular flexibility index (Phi) is 5.62. The van der Waals surface area contributed by atoms with Crippen LogP contribution in [0.5, 0.6) is 17.4 Å². The van der Waals surface area contributed by atoms with E-state index in [0.29, 0.717) is 58.5 Å². The summed E-state index contributed by atoms with van der Waals surface area (Å²) >= 11 is 0. The molecule has 3 aromatic rings. The summed E-state index contributed by atoms with van der Waals surface area (Å²) in [6.07, 6.45) is 2.36. The normalized spacial score (nSPS) is 17.6. The number of hydrogen-bond donors (Lipinski definition) is 1. The van der Waals surface area contributed by atoms with Gasteiger partial charge >= 0.3 is 6.09 Å². The Morgan fingerprint density at radius 3 is 2.82 bits per heavy atom. The van der Waals surface area contributed by atoms with Crippen LogP contribution in [0, 0.1) is 0 Å². The Morgan fingerprint density at radius 1 is 1.21 bits per heavy atom. The van der Waals surface area contributed by atoms with E-state index in [1.165, 1.54) is 12.0 Å². The fourth-order valence-corrected chi connectivity index (χ4v) is 3.96. The number of ether oxygens (including phenoxy) is 4. The number of cyclic esters (lactones) is 1. The van der Waals surface area contributed by atoms with Gasteiger partial charge < -0.3 is 24.7 Å². The largest absolute Gasteiger partial charge is 0.486 e. The van der Waals surface area contributed by atoms with Crippen molar-refractivity contribution in [3.8, 4) is 17.4 Å². The molecule has 2 amide bonds. The number of nitrogens with two attached hydrogens (primary N) is 1. The van der Waals surface area contributed by atoms with Crippen LogP contribution in [-0.2, 0) is 9.53 Å². The van der Waals surface area contributed by atoms with Gasteiger partial charge in [0.25, 0.3) is 0 Å². The highest BCUT2D eigenvalue weighted by Gasteiger charge is 2.34. The molecule has 174 valence electrons. The number of rotatable bonds is 6. The molecule has 1 atom stereocenters. The number of carbonyl (C=O) groups excluding carboxylic acids is 2. The number of amides is 2. The smallest absolute Gasteiger partial charge is 0.414 e. The molecule has 10 nitrogen and oxygen atoms in total. The molecule has 2 aliphatic rings. The minimum absolute atomic E-state index is 0.149. The van der Waals surface area contributed by atoms with Crippen LogP contribution in [0.2, 0.25) is 0 Å². The fourth-order valence-electron chi connectivity index (χ4n) is 3.96. The first-order valence-corrected chi connectivity index (χ1v) is 10.7. The Bertz CT molecular complexity index is 1310. The van der Waals surface area contributed by atoms with Crippen molar-refractivity contribution in [2.45, 2.75) is 12.5 Å². The second-order valence-corrected chi connectivity index (χ2v) is 7.80. The monoisotopic (exact) mass is 462 g/mol. The van der Waals surface area contributed by atoms with Crippen LogP contribution < -0.4 is 24.8 Å². The summed E-state index contributed by atoms with van der Waals surface area (Å²) in [6.45, 7) is 1.18. The lowest BCUT2D eigenvalue weighted by atomic mass is 10.0. The third-order valence-corrected chi connectivity index (χ3v) is 5.60. The number of fused-ring (bicyclic) bond motifs is 2. The lowest BCUT2D eigenvalue weighted by Gasteiger charge is -2.21. The van der Waals surface area contributed by atoms with Gasteiger partial charge in [0.1, 0.15) is 19.3 Å². The van der Waals surface area contributed by atoms with E-state index in [2.05, 4.69) is 9.97 Å². The highest BCUT2D eigenvalue weighted by atomic mass is 16.6. The predicted octanol–water partition coefficient (Wildman–Crippen LogP) is 2.69. The molecule has 0 saturated carbocycles. The maximum Gasteiger partial charge on any atom is 0.414 e. The highest BCUT2D eigenvalue weighted by molar-refractivity contribution is 5.99. The molecule has 0 aliphatic carbocycles. The summed E-state index contributed by atoms with van der Waals surface area (Å²) < 4.78 is 21.9. The van der Waals surface area contributed by atoms with Crippen molar-refractivity contribution in [3.63, 3.8) is 0 Å². The second-order valence-electron chi connectivity index (χ2n) is 7.80. The number of hydrogen-bond acceptors (Lipinski definition) is 8. The predicted molar refractivity (Wildman–Crippen MR) is 123 cm³/mol. The summed E-state index contributed by atoms with van der Waals surface area (Å²) in [6, 6.07) is 10.5. The van der Waals surface area contributed by atoms with Gasteiger partial charge in [0.2, 0.25) is 11.8 Å². The van der Waals surface area contributed by atoms with E-state index in [-0.39, 0.29) is 13.0 Å². The van der Waals surface area contributed by atoms with E-state index in [1.807, 2.05) is 0 Å². The lowest BCUT2D eigenvalue weighted by Crippen LogP contribution is -2.26. The van der Waals surface area contributed by atoms with Crippen LogP contribution in [0.3, 0.4) is 0 Å². The molecule has 1 fully saturated rings. The van der Waals surface area contributed by atoms with E-state index in [0.717, 1.165) is 0 Å². The molecular formula is C24H22N4O6. The topological polar surface area (TPSA) is 126 Å². The average molecular weight is 462 g/mol. The third-order valence-electron chi connectivity index (χ3n) is 5.60. The van der Waals surface area contributed by atoms with E-state index in [9.17, 15) is 9.59 Å². The van der Waals surface area contributed by atoms with Gasteiger partial charge in [0, 0.05) is 35.9 Å². The van der Waals surface area contributed by atoms with Gasteiger partial charge in [-0.3, -0.25) is 14.7 Å². The van der Waals surface area contributed by atoms with E-state index >= 15 is 0 Å². The van der Waals surface area contributed by atoms with Crippen LogP contribution in [0.25, 0.3) is 17.1 Å². The third kappa shape index (κ3) is 4.17. The number of carbonyl (C=O) groups is 2. The maximum absolute atomic E-state index is 12.6. The molecule has 2 aliphatic heterocycles. The number of aromatic nitrogens is 2. The number of methoxy groups -OCH3 is 1. The molecule has 0 spiro atoms. The van der Waals surface area contributed by atoms with Crippen molar-refractivity contribution in [2.24, 2.45) is 5.73 Å². The van der Waals surface area contributed by atoms with Crippen molar-refractivity contribution in [2.75, 3.05) is 31.8 Å². The molecule has 2 N–H and O–H groups in total. The SMILES string of the molecule is COc1ccc2nccc(C=C(C[C@H]3CN(c4ccc5c(c4)OCCO5)C(=O)O3)C(N)=O)c2n1. The Morgan fingerprint density at radius 2 is 2.03 bits per heavy atom. The van der Waals surface area contributed by atoms with E-state index in [1.54, 1.807) is 48.7 Å². The molecular weight excluding hydrogens is 440 g/mol. The van der Waals surface area contributed by atoms with Crippen molar-refractivity contribution >= 4 is 34.8 Å².